The van der Waals surface area contributed by atoms with Gasteiger partial charge >= 0.3 is 0 Å². The second kappa shape index (κ2) is 5.80. The Kier molecular flexibility index (Phi) is 4.67. The molecule has 1 aromatic carbocycles. The third-order valence-corrected chi connectivity index (χ3v) is 3.80. The van der Waals surface area contributed by atoms with Gasteiger partial charge in [0.1, 0.15) is 5.82 Å². The molecule has 3 nitrogen and oxygen atoms in total. The van der Waals surface area contributed by atoms with Crippen LogP contribution in [0.2, 0.25) is 0 Å². The minimum absolute atomic E-state index is 0.0898. The molecule has 1 rings (SSSR count). The molecule has 0 aliphatic carbocycles. The van der Waals surface area contributed by atoms with Crippen LogP contribution in [-0.4, -0.2) is 14.5 Å². The van der Waals surface area contributed by atoms with E-state index < -0.39 is 15.8 Å². The van der Waals surface area contributed by atoms with E-state index in [1.165, 1.54) is 18.2 Å². The zero-order chi connectivity index (χ0) is 12.9. The lowest BCUT2D eigenvalue weighted by atomic mass is 10.2. The highest BCUT2D eigenvalue weighted by atomic mass is 32.2. The van der Waals surface area contributed by atoms with Crippen molar-refractivity contribution in [2.75, 3.05) is 0 Å². The number of nitrogens with one attached hydrogen (secondary N) is 1. The summed E-state index contributed by atoms with van der Waals surface area (Å²) in [5.41, 5.74) is 0. The molecule has 0 saturated heterocycles. The summed E-state index contributed by atoms with van der Waals surface area (Å²) in [6, 6.07) is 4.54. The highest BCUT2D eigenvalue weighted by molar-refractivity contribution is 7.89. The highest BCUT2D eigenvalue weighted by Crippen LogP contribution is 2.12. The van der Waals surface area contributed by atoms with Crippen LogP contribution < -0.4 is 4.72 Å². The monoisotopic (exact) mass is 255 g/mol. The Morgan fingerprint density at radius 1 is 1.53 bits per heavy atom. The van der Waals surface area contributed by atoms with Crippen LogP contribution >= 0.6 is 0 Å². The summed E-state index contributed by atoms with van der Waals surface area (Å²) < 4.78 is 39.2. The number of hydrogen-bond acceptors (Lipinski definition) is 2. The van der Waals surface area contributed by atoms with E-state index in [0.29, 0.717) is 12.8 Å². The van der Waals surface area contributed by atoms with Crippen molar-refractivity contribution in [2.24, 2.45) is 0 Å². The summed E-state index contributed by atoms with van der Waals surface area (Å²) in [5, 5.41) is 0. The van der Waals surface area contributed by atoms with Crippen LogP contribution in [0, 0.1) is 18.2 Å². The highest BCUT2D eigenvalue weighted by Gasteiger charge is 2.18. The number of benzene rings is 1. The Hall–Kier alpha value is -1.38. The van der Waals surface area contributed by atoms with Gasteiger partial charge < -0.3 is 0 Å². The predicted octanol–water partition coefficient (Wildman–Crippen LogP) is 1.91. The standard InChI is InChI=1S/C12H14FNO2S/c1-3-6-11(4-2)14-17(15,16)12-8-5-7-10(13)9-12/h1,5,7-9,11,14H,4,6H2,2H3. The van der Waals surface area contributed by atoms with Crippen molar-refractivity contribution >= 4 is 10.0 Å². The first kappa shape index (κ1) is 13.7. The third-order valence-electron chi connectivity index (χ3n) is 2.29. The number of rotatable bonds is 5. The van der Waals surface area contributed by atoms with Crippen molar-refractivity contribution in [1.29, 1.82) is 0 Å². The molecule has 92 valence electrons. The maximum Gasteiger partial charge on any atom is 0.240 e. The summed E-state index contributed by atoms with van der Waals surface area (Å²) in [4.78, 5) is -0.0898. The molecule has 0 aromatic heterocycles. The molecule has 0 radical (unpaired) electrons. The number of sulfonamides is 1. The average molecular weight is 255 g/mol. The van der Waals surface area contributed by atoms with Crippen LogP contribution in [0.25, 0.3) is 0 Å². The van der Waals surface area contributed by atoms with Crippen LogP contribution in [0.3, 0.4) is 0 Å². The van der Waals surface area contributed by atoms with E-state index in [1.807, 2.05) is 6.92 Å². The molecule has 0 amide bonds. The molecule has 0 fully saturated rings. The molecule has 5 heteroatoms. The lowest BCUT2D eigenvalue weighted by Gasteiger charge is -2.14. The number of halogens is 1. The normalized spacial score (nSPS) is 13.0. The van der Waals surface area contributed by atoms with Crippen molar-refractivity contribution in [2.45, 2.75) is 30.7 Å². The van der Waals surface area contributed by atoms with Gasteiger partial charge in [-0.2, -0.15) is 0 Å². The van der Waals surface area contributed by atoms with Gasteiger partial charge in [0.15, 0.2) is 0 Å². The van der Waals surface area contributed by atoms with Gasteiger partial charge in [0.2, 0.25) is 10.0 Å². The Bertz CT molecular complexity index is 520. The van der Waals surface area contributed by atoms with Gasteiger partial charge in [-0.1, -0.05) is 13.0 Å². The molecule has 0 saturated carbocycles. The second-order valence-corrected chi connectivity index (χ2v) is 5.31. The maximum absolute atomic E-state index is 12.9. The Morgan fingerprint density at radius 3 is 2.76 bits per heavy atom. The van der Waals surface area contributed by atoms with Crippen LogP contribution in [0.1, 0.15) is 19.8 Å². The predicted molar refractivity (Wildman–Crippen MR) is 64.3 cm³/mol. The molecule has 0 spiro atoms. The smallest absolute Gasteiger partial charge is 0.207 e. The minimum Gasteiger partial charge on any atom is -0.207 e. The molecular weight excluding hydrogens is 241 g/mol. The number of hydrogen-bond donors (Lipinski definition) is 1. The van der Waals surface area contributed by atoms with Crippen molar-refractivity contribution < 1.29 is 12.8 Å². The second-order valence-electron chi connectivity index (χ2n) is 3.59. The number of terminal acetylenes is 1. The summed E-state index contributed by atoms with van der Waals surface area (Å²) in [7, 11) is -3.70. The average Bonchev–Trinajstić information content (AvgIpc) is 2.28. The zero-order valence-corrected chi connectivity index (χ0v) is 10.3. The molecule has 1 atom stereocenters. The fraction of sp³-hybridized carbons (Fsp3) is 0.333. The molecule has 0 bridgehead atoms. The van der Waals surface area contributed by atoms with Crippen molar-refractivity contribution in [3.05, 3.63) is 30.1 Å². The zero-order valence-electron chi connectivity index (χ0n) is 9.48. The molecule has 0 heterocycles. The van der Waals surface area contributed by atoms with Crippen molar-refractivity contribution in [1.82, 2.24) is 4.72 Å². The van der Waals surface area contributed by atoms with E-state index in [1.54, 1.807) is 0 Å². The molecule has 0 aliphatic heterocycles. The lowest BCUT2D eigenvalue weighted by molar-refractivity contribution is 0.542. The Balaban J connectivity index is 2.93. The minimum atomic E-state index is -3.70. The van der Waals surface area contributed by atoms with E-state index in [4.69, 9.17) is 6.42 Å². The molecule has 1 N–H and O–H groups in total. The largest absolute Gasteiger partial charge is 0.240 e. The van der Waals surface area contributed by atoms with Gasteiger partial charge in [-0.15, -0.1) is 12.3 Å². The van der Waals surface area contributed by atoms with Gasteiger partial charge in [0.25, 0.3) is 0 Å². The van der Waals surface area contributed by atoms with E-state index >= 15 is 0 Å². The molecule has 1 aromatic rings. The first-order chi connectivity index (χ1) is 7.99. The van der Waals surface area contributed by atoms with Crippen molar-refractivity contribution in [3.8, 4) is 12.3 Å². The summed E-state index contributed by atoms with van der Waals surface area (Å²) in [6.07, 6.45) is 6.03. The van der Waals surface area contributed by atoms with Gasteiger partial charge in [-0.25, -0.2) is 17.5 Å². The van der Waals surface area contributed by atoms with Crippen molar-refractivity contribution in [3.63, 3.8) is 0 Å². The van der Waals surface area contributed by atoms with Crippen LogP contribution in [0.4, 0.5) is 4.39 Å². The SMILES string of the molecule is C#CCC(CC)NS(=O)(=O)c1cccc(F)c1. The van der Waals surface area contributed by atoms with E-state index in [9.17, 15) is 12.8 Å². The quantitative estimate of drug-likeness (QED) is 0.817. The van der Waals surface area contributed by atoms with Crippen LogP contribution in [0.15, 0.2) is 29.2 Å². The summed E-state index contributed by atoms with van der Waals surface area (Å²) in [6.45, 7) is 1.83. The maximum atomic E-state index is 12.9. The first-order valence-electron chi connectivity index (χ1n) is 5.21. The van der Waals surface area contributed by atoms with Crippen LogP contribution in [0.5, 0.6) is 0 Å². The van der Waals surface area contributed by atoms with Gasteiger partial charge in [-0.05, 0) is 24.6 Å². The first-order valence-corrected chi connectivity index (χ1v) is 6.69. The Morgan fingerprint density at radius 2 is 2.24 bits per heavy atom. The third kappa shape index (κ3) is 3.84. The van der Waals surface area contributed by atoms with Gasteiger partial charge in [0.05, 0.1) is 4.90 Å². The van der Waals surface area contributed by atoms with Gasteiger partial charge in [0, 0.05) is 12.5 Å². The van der Waals surface area contributed by atoms with E-state index in [-0.39, 0.29) is 10.9 Å². The molecule has 1 unspecified atom stereocenters. The van der Waals surface area contributed by atoms with E-state index in [0.717, 1.165) is 6.07 Å². The topological polar surface area (TPSA) is 46.2 Å². The fourth-order valence-corrected chi connectivity index (χ4v) is 2.68. The van der Waals surface area contributed by atoms with Gasteiger partial charge in [-0.3, -0.25) is 0 Å². The molecule has 0 aliphatic rings. The summed E-state index contributed by atoms with van der Waals surface area (Å²) in [5.74, 6) is 1.82. The molecule has 17 heavy (non-hydrogen) atoms. The lowest BCUT2D eigenvalue weighted by Crippen LogP contribution is -2.34. The Labute approximate surface area is 101 Å². The molecular formula is C12H14FNO2S. The van der Waals surface area contributed by atoms with Crippen LogP contribution in [-0.2, 0) is 10.0 Å². The fourth-order valence-electron chi connectivity index (χ4n) is 1.33. The van der Waals surface area contributed by atoms with E-state index in [2.05, 4.69) is 10.6 Å². The summed E-state index contributed by atoms with van der Waals surface area (Å²) >= 11 is 0.